The van der Waals surface area contributed by atoms with Crippen LogP contribution in [0.25, 0.3) is 39.2 Å². The Kier molecular flexibility index (Phi) is 33.8. The van der Waals surface area contributed by atoms with E-state index in [-0.39, 0.29) is 82.3 Å². The van der Waals surface area contributed by atoms with Crippen molar-refractivity contribution >= 4 is 133 Å². The first-order valence-corrected chi connectivity index (χ1v) is 40.6. The molecule has 35 heteroatoms. The van der Waals surface area contributed by atoms with E-state index >= 15 is 0 Å². The molecular weight excluding hydrogens is 1630 g/mol. The summed E-state index contributed by atoms with van der Waals surface area (Å²) >= 11 is 23.3. The fraction of sp³-hybridized carbons (Fsp3) is 0.268. The zero-order valence-electron chi connectivity index (χ0n) is 64.8. The number of amidine groups is 3. The van der Waals surface area contributed by atoms with Crippen LogP contribution in [-0.2, 0) is 31.0 Å². The number of nitrogens with two attached hydrogens (primary N) is 5. The average molecular weight is 1730 g/mol. The largest absolute Gasteiger partial charge is 0.391 e. The van der Waals surface area contributed by atoms with E-state index in [2.05, 4.69) is 83.0 Å². The molecule has 7 heterocycles. The quantitative estimate of drug-likeness (QED) is 0.0168. The Balaban J connectivity index is 0.000000194. The van der Waals surface area contributed by atoms with Gasteiger partial charge in [0.25, 0.3) is 17.7 Å². The lowest BCUT2D eigenvalue weighted by atomic mass is 10.0. The number of aromatic nitrogens is 7. The van der Waals surface area contributed by atoms with Gasteiger partial charge in [0.2, 0.25) is 5.91 Å². The van der Waals surface area contributed by atoms with Crippen molar-refractivity contribution in [1.82, 2.24) is 56.2 Å². The molecular formula is C82H94Cl3FN20O7S4. The topological polar surface area (TPSA) is 456 Å². The van der Waals surface area contributed by atoms with Gasteiger partial charge in [0.1, 0.15) is 61.1 Å². The smallest absolute Gasteiger partial charge is 0.269 e. The number of allylic oxidation sites excluding steroid dienone is 3. The number of aryl methyl sites for hydroxylation is 6. The number of aliphatic hydroxyl groups excluding tert-OH is 3. The van der Waals surface area contributed by atoms with Crippen molar-refractivity contribution in [2.45, 2.75) is 127 Å². The molecule has 4 aromatic carbocycles. The molecule has 7 aromatic heterocycles. The molecule has 0 saturated heterocycles. The molecule has 4 unspecified atom stereocenters. The summed E-state index contributed by atoms with van der Waals surface area (Å²) in [7, 11) is 0. The maximum atomic E-state index is 13.9. The van der Waals surface area contributed by atoms with E-state index in [0.717, 1.165) is 87.9 Å². The number of nitrogens with zero attached hydrogens (tertiary/aromatic N) is 8. The minimum Gasteiger partial charge on any atom is -0.391 e. The van der Waals surface area contributed by atoms with E-state index in [9.17, 15) is 38.9 Å². The molecule has 0 spiro atoms. The number of hydrogen-bond acceptors (Lipinski definition) is 19. The molecule has 0 aliphatic heterocycles. The van der Waals surface area contributed by atoms with Crippen molar-refractivity contribution in [3.05, 3.63) is 257 Å². The molecule has 0 saturated carbocycles. The molecule has 12 rings (SSSR count). The zero-order valence-corrected chi connectivity index (χ0v) is 70.4. The number of amides is 4. The SMILES string of the molecule is C.CC(N)=NC(NC(=O)c1ccc(-c2ccc(Cl)cc2)[nH]1)c1nc(C)c(CO)s1.CC(N)=NCC(NC(=O)c1cc(-c2ccc(Cl)cc2)c[nH]1)c1nc(C)c(CO)s1.CC(N)=NCC(NC(=O)c1ccc(-c2ccc(Cl)cc2)[nH]1)c1nc(C)c(CO)s1.CCc1sc(C(CN=C(N)N)NC(=O)C2=CC=C(c3ccc(C)c(F)c3)C2)nc1C. The Labute approximate surface area is 708 Å². The van der Waals surface area contributed by atoms with E-state index in [4.69, 9.17) is 63.5 Å². The summed E-state index contributed by atoms with van der Waals surface area (Å²) in [6, 6.07) is 34.7. The number of carbonyl (C=O) groups excluding carboxylic acids is 4. The molecule has 616 valence electrons. The van der Waals surface area contributed by atoms with Crippen LogP contribution in [0, 0.1) is 40.4 Å². The number of nitrogens with one attached hydrogen (secondary N) is 7. The highest BCUT2D eigenvalue weighted by Gasteiger charge is 2.28. The van der Waals surface area contributed by atoms with E-state index in [0.29, 0.717) is 87.9 Å². The average Bonchev–Trinajstić information content (AvgIpc) is 1.73. The van der Waals surface area contributed by atoms with Gasteiger partial charge in [-0.25, -0.2) is 29.3 Å². The van der Waals surface area contributed by atoms with Gasteiger partial charge in [0.15, 0.2) is 12.1 Å². The van der Waals surface area contributed by atoms with Crippen molar-refractivity contribution in [2.75, 3.05) is 19.6 Å². The summed E-state index contributed by atoms with van der Waals surface area (Å²) in [4.78, 5) is 98.7. The third kappa shape index (κ3) is 26.0. The van der Waals surface area contributed by atoms with Crippen LogP contribution in [0.15, 0.2) is 165 Å². The monoisotopic (exact) mass is 1720 g/mol. The number of guanidine groups is 1. The standard InChI is InChI=1S/C22H26FN5OS.2C20H22ClN5O2S.C19H20ClN5O2S.CH4/c1-4-19-13(3)27-21(30-19)18(11-26-22(24)25)28-20(29)16-8-7-14(9-16)15-6-5-12(2)17(23)10-15;1-11-18(10-27)29-20(25-11)17(9-23-12(2)22)26-19(28)16-7-14(8-24-16)13-3-5-15(21)6-4-13;1-11-18(10-27)29-20(24-11)17(9-23-12(2)22)26-19(28)16-8-7-15(25-16)13-3-5-14(21)6-4-13;1-10-16(9-26)28-19(22-10)17(23-11(2)21)25-18(27)15-8-7-14(24-15)12-3-5-13(20)6-4-12;/h5-8,10,18H,4,9,11H2,1-3H3,(H,28,29)(H4,24,25,26);3-8,17,24,27H,9-10H2,1-2H3,(H2,22,23)(H,26,28);3-8,17,25,27H,9-10H2,1-2H3,(H2,22,23)(H,26,28);3-8,17,24,26H,9H2,1-2H3,(H2,21,23)(H,25,27);1H4. The number of rotatable bonds is 27. The molecule has 117 heavy (non-hydrogen) atoms. The number of carbonyl (C=O) groups is 4. The molecule has 0 radical (unpaired) electrons. The first-order chi connectivity index (χ1) is 55.4. The Morgan fingerprint density at radius 2 is 0.889 bits per heavy atom. The second-order valence-electron chi connectivity index (χ2n) is 26.4. The van der Waals surface area contributed by atoms with Gasteiger partial charge in [-0.2, -0.15) is 0 Å². The van der Waals surface area contributed by atoms with Crippen molar-refractivity contribution in [3.8, 4) is 33.6 Å². The highest BCUT2D eigenvalue weighted by atomic mass is 35.5. The normalized spacial score (nSPS) is 13.0. The van der Waals surface area contributed by atoms with Gasteiger partial charge in [0.05, 0.1) is 94.4 Å². The molecule has 4 atom stereocenters. The Bertz CT molecular complexity index is 5270. The fourth-order valence-electron chi connectivity index (χ4n) is 11.3. The Morgan fingerprint density at radius 1 is 0.487 bits per heavy atom. The lowest BCUT2D eigenvalue weighted by molar-refractivity contribution is -0.118. The van der Waals surface area contributed by atoms with E-state index in [1.165, 1.54) is 45.0 Å². The molecule has 4 amide bonds. The number of thiazole rings is 4. The van der Waals surface area contributed by atoms with Crippen LogP contribution >= 0.6 is 80.1 Å². The number of H-pyrrole nitrogens is 3. The third-order valence-corrected chi connectivity index (χ3v) is 23.4. The van der Waals surface area contributed by atoms with Crippen molar-refractivity contribution in [2.24, 2.45) is 48.6 Å². The summed E-state index contributed by atoms with van der Waals surface area (Å²) < 4.78 is 13.9. The van der Waals surface area contributed by atoms with Crippen LogP contribution in [0.5, 0.6) is 0 Å². The lowest BCUT2D eigenvalue weighted by Gasteiger charge is -2.15. The maximum absolute atomic E-state index is 13.9. The van der Waals surface area contributed by atoms with Gasteiger partial charge in [-0.1, -0.05) is 110 Å². The highest BCUT2D eigenvalue weighted by Crippen LogP contribution is 2.34. The molecule has 11 aromatic rings. The van der Waals surface area contributed by atoms with Crippen LogP contribution in [0.4, 0.5) is 4.39 Å². The molecule has 20 N–H and O–H groups in total. The fourth-order valence-corrected chi connectivity index (χ4v) is 15.6. The van der Waals surface area contributed by atoms with Crippen LogP contribution in [0.2, 0.25) is 15.1 Å². The van der Waals surface area contributed by atoms with Crippen molar-refractivity contribution in [1.29, 1.82) is 0 Å². The molecule has 0 bridgehead atoms. The molecule has 1 aliphatic rings. The van der Waals surface area contributed by atoms with Crippen LogP contribution in [0.1, 0.15) is 171 Å². The molecule has 1 aliphatic carbocycles. The number of aromatic amines is 3. The summed E-state index contributed by atoms with van der Waals surface area (Å²) in [5.74, 6) is -0.245. The summed E-state index contributed by atoms with van der Waals surface area (Å²) in [5.41, 5.74) is 40.5. The second-order valence-corrected chi connectivity index (χ2v) is 32.2. The van der Waals surface area contributed by atoms with Crippen LogP contribution < -0.4 is 49.9 Å². The van der Waals surface area contributed by atoms with Gasteiger partial charge in [-0.05, 0) is 174 Å². The van der Waals surface area contributed by atoms with Crippen molar-refractivity contribution in [3.63, 3.8) is 0 Å². The number of benzene rings is 4. The molecule has 0 fully saturated rings. The first-order valence-electron chi connectivity index (χ1n) is 36.2. The molecule has 27 nitrogen and oxygen atoms in total. The number of aliphatic hydroxyl groups is 3. The first kappa shape index (κ1) is 91.5. The Morgan fingerprint density at radius 3 is 1.31 bits per heavy atom. The number of halogens is 4. The summed E-state index contributed by atoms with van der Waals surface area (Å²) in [5, 5.41) is 44.7. The van der Waals surface area contributed by atoms with E-state index < -0.39 is 24.3 Å². The maximum Gasteiger partial charge on any atom is 0.269 e. The lowest BCUT2D eigenvalue weighted by Crippen LogP contribution is -2.33. The third-order valence-electron chi connectivity index (χ3n) is 17.5. The predicted octanol–water partition coefficient (Wildman–Crippen LogP) is 14.2. The minimum atomic E-state index is -0.733. The summed E-state index contributed by atoms with van der Waals surface area (Å²) in [6.07, 6.45) is 5.96. The predicted molar refractivity (Wildman–Crippen MR) is 471 cm³/mol. The van der Waals surface area contributed by atoms with E-state index in [1.807, 2.05) is 81.4 Å². The van der Waals surface area contributed by atoms with Gasteiger partial charge in [-0.15, -0.1) is 45.3 Å². The van der Waals surface area contributed by atoms with Crippen molar-refractivity contribution < 1.29 is 38.9 Å². The van der Waals surface area contributed by atoms with Gasteiger partial charge in [0, 0.05) is 49.5 Å². The Hall–Kier alpha value is -11.0. The van der Waals surface area contributed by atoms with Gasteiger partial charge < -0.3 is 80.2 Å². The van der Waals surface area contributed by atoms with Gasteiger partial charge >= 0.3 is 0 Å². The summed E-state index contributed by atoms with van der Waals surface area (Å²) in [6.45, 7) is 16.6. The second kappa shape index (κ2) is 43.2. The highest BCUT2D eigenvalue weighted by molar-refractivity contribution is 7.12. The van der Waals surface area contributed by atoms with Gasteiger partial charge in [-0.3, -0.25) is 34.2 Å². The minimum absolute atomic E-state index is 0. The van der Waals surface area contributed by atoms with Crippen LogP contribution in [-0.4, -0.2) is 117 Å². The van der Waals surface area contributed by atoms with Crippen LogP contribution in [0.3, 0.4) is 0 Å². The zero-order chi connectivity index (χ0) is 84.0. The number of hydrogen-bond donors (Lipinski definition) is 15. The number of aliphatic imine (C=N–C) groups is 4. The van der Waals surface area contributed by atoms with E-state index in [1.54, 1.807) is 119 Å².